The molecule has 0 radical (unpaired) electrons. The number of anilines is 1. The summed E-state index contributed by atoms with van der Waals surface area (Å²) in [6.45, 7) is 2.80. The summed E-state index contributed by atoms with van der Waals surface area (Å²) in [5.41, 5.74) is 0. The molecule has 0 atom stereocenters. The molecule has 1 rings (SSSR count). The lowest BCUT2D eigenvalue weighted by atomic mass is 10.5. The molecule has 0 aliphatic rings. The average Bonchev–Trinajstić information content (AvgIpc) is 2.48. The standard InChI is InChI=1S/C8H14N4O/c1-3-9-7(13)6-11-8-10-4-5-12(8)2/h4-5H,3,6H2,1-2H3,(H,9,13)(H,10,11). The van der Waals surface area contributed by atoms with Crippen LogP contribution in [-0.4, -0.2) is 28.5 Å². The summed E-state index contributed by atoms with van der Waals surface area (Å²) >= 11 is 0. The smallest absolute Gasteiger partial charge is 0.239 e. The first kappa shape index (κ1) is 9.57. The molecule has 0 spiro atoms. The molecule has 5 nitrogen and oxygen atoms in total. The molecule has 0 saturated heterocycles. The number of nitrogens with zero attached hydrogens (tertiary/aromatic N) is 2. The lowest BCUT2D eigenvalue weighted by molar-refractivity contribution is -0.119. The van der Waals surface area contributed by atoms with E-state index in [1.54, 1.807) is 6.20 Å². The first-order valence-corrected chi connectivity index (χ1v) is 4.22. The van der Waals surface area contributed by atoms with Crippen molar-refractivity contribution in [1.82, 2.24) is 14.9 Å². The Morgan fingerprint density at radius 2 is 2.46 bits per heavy atom. The van der Waals surface area contributed by atoms with E-state index in [0.717, 1.165) is 0 Å². The minimum atomic E-state index is -0.0227. The van der Waals surface area contributed by atoms with E-state index >= 15 is 0 Å². The number of rotatable bonds is 4. The van der Waals surface area contributed by atoms with Crippen molar-refractivity contribution in [3.8, 4) is 0 Å². The summed E-state index contributed by atoms with van der Waals surface area (Å²) < 4.78 is 1.82. The summed E-state index contributed by atoms with van der Waals surface area (Å²) in [6.07, 6.45) is 3.50. The third kappa shape index (κ3) is 2.77. The molecule has 13 heavy (non-hydrogen) atoms. The Morgan fingerprint density at radius 1 is 1.69 bits per heavy atom. The van der Waals surface area contributed by atoms with Crippen molar-refractivity contribution in [1.29, 1.82) is 0 Å². The van der Waals surface area contributed by atoms with Crippen LogP contribution >= 0.6 is 0 Å². The van der Waals surface area contributed by atoms with Gasteiger partial charge in [-0.1, -0.05) is 0 Å². The second kappa shape index (κ2) is 4.49. The van der Waals surface area contributed by atoms with Crippen molar-refractivity contribution in [3.05, 3.63) is 12.4 Å². The summed E-state index contributed by atoms with van der Waals surface area (Å²) in [6, 6.07) is 0. The summed E-state index contributed by atoms with van der Waals surface area (Å²) in [5, 5.41) is 5.61. The zero-order valence-corrected chi connectivity index (χ0v) is 7.87. The van der Waals surface area contributed by atoms with Gasteiger partial charge in [-0.05, 0) is 6.92 Å². The monoisotopic (exact) mass is 182 g/mol. The number of hydrogen-bond donors (Lipinski definition) is 2. The predicted octanol–water partition coefficient (Wildman–Crippen LogP) is -0.0319. The van der Waals surface area contributed by atoms with Crippen molar-refractivity contribution in [3.63, 3.8) is 0 Å². The maximum atomic E-state index is 11.0. The third-order valence-electron chi connectivity index (χ3n) is 1.60. The van der Waals surface area contributed by atoms with Crippen LogP contribution in [0.3, 0.4) is 0 Å². The van der Waals surface area contributed by atoms with E-state index in [4.69, 9.17) is 0 Å². The van der Waals surface area contributed by atoms with E-state index in [9.17, 15) is 4.79 Å². The Morgan fingerprint density at radius 3 is 3.00 bits per heavy atom. The molecule has 0 aliphatic heterocycles. The Kier molecular flexibility index (Phi) is 3.31. The highest BCUT2D eigenvalue weighted by Gasteiger charge is 2.01. The van der Waals surface area contributed by atoms with Crippen molar-refractivity contribution < 1.29 is 4.79 Å². The van der Waals surface area contributed by atoms with Gasteiger partial charge in [0.2, 0.25) is 11.9 Å². The molecule has 72 valence electrons. The van der Waals surface area contributed by atoms with Crippen molar-refractivity contribution in [2.75, 3.05) is 18.4 Å². The van der Waals surface area contributed by atoms with Crippen LogP contribution in [0.2, 0.25) is 0 Å². The molecule has 0 unspecified atom stereocenters. The van der Waals surface area contributed by atoms with Gasteiger partial charge in [-0.2, -0.15) is 0 Å². The molecule has 1 heterocycles. The van der Waals surface area contributed by atoms with Crippen LogP contribution in [0.4, 0.5) is 5.95 Å². The van der Waals surface area contributed by atoms with Gasteiger partial charge in [0.05, 0.1) is 6.54 Å². The lowest BCUT2D eigenvalue weighted by Crippen LogP contribution is -2.30. The molecule has 1 amide bonds. The molecular weight excluding hydrogens is 168 g/mol. The molecule has 0 aliphatic carbocycles. The van der Waals surface area contributed by atoms with Crippen LogP contribution in [0.5, 0.6) is 0 Å². The lowest BCUT2D eigenvalue weighted by Gasteiger charge is -2.05. The van der Waals surface area contributed by atoms with E-state index < -0.39 is 0 Å². The number of carbonyl (C=O) groups excluding carboxylic acids is 1. The molecular formula is C8H14N4O. The van der Waals surface area contributed by atoms with Gasteiger partial charge in [-0.15, -0.1) is 0 Å². The van der Waals surface area contributed by atoms with Crippen LogP contribution < -0.4 is 10.6 Å². The molecule has 0 saturated carbocycles. The number of carbonyl (C=O) groups is 1. The van der Waals surface area contributed by atoms with E-state index in [1.165, 1.54) is 0 Å². The van der Waals surface area contributed by atoms with Crippen LogP contribution in [0, 0.1) is 0 Å². The van der Waals surface area contributed by atoms with Crippen molar-refractivity contribution in [2.45, 2.75) is 6.92 Å². The Bertz CT molecular complexity index is 281. The fourth-order valence-electron chi connectivity index (χ4n) is 0.955. The number of nitrogens with one attached hydrogen (secondary N) is 2. The quantitative estimate of drug-likeness (QED) is 0.687. The van der Waals surface area contributed by atoms with Crippen molar-refractivity contribution in [2.24, 2.45) is 7.05 Å². The van der Waals surface area contributed by atoms with E-state index in [-0.39, 0.29) is 12.5 Å². The largest absolute Gasteiger partial charge is 0.355 e. The van der Waals surface area contributed by atoms with Gasteiger partial charge in [0, 0.05) is 26.0 Å². The normalized spacial score (nSPS) is 9.69. The van der Waals surface area contributed by atoms with Gasteiger partial charge in [-0.3, -0.25) is 4.79 Å². The van der Waals surface area contributed by atoms with Gasteiger partial charge >= 0.3 is 0 Å². The Labute approximate surface area is 77.2 Å². The van der Waals surface area contributed by atoms with Gasteiger partial charge in [-0.25, -0.2) is 4.98 Å². The number of imidazole rings is 1. The van der Waals surface area contributed by atoms with Gasteiger partial charge in [0.15, 0.2) is 0 Å². The Hall–Kier alpha value is -1.52. The van der Waals surface area contributed by atoms with Crippen LogP contribution in [0.25, 0.3) is 0 Å². The van der Waals surface area contributed by atoms with Gasteiger partial charge in [0.25, 0.3) is 0 Å². The first-order valence-electron chi connectivity index (χ1n) is 4.22. The van der Waals surface area contributed by atoms with Crippen LogP contribution in [0.1, 0.15) is 6.92 Å². The number of hydrogen-bond acceptors (Lipinski definition) is 3. The number of aryl methyl sites for hydroxylation is 1. The van der Waals surface area contributed by atoms with Crippen LogP contribution in [-0.2, 0) is 11.8 Å². The molecule has 0 aromatic carbocycles. The average molecular weight is 182 g/mol. The molecule has 5 heteroatoms. The fourth-order valence-corrected chi connectivity index (χ4v) is 0.955. The van der Waals surface area contributed by atoms with Gasteiger partial charge < -0.3 is 15.2 Å². The SMILES string of the molecule is CCNC(=O)CNc1nccn1C. The zero-order valence-electron chi connectivity index (χ0n) is 7.87. The maximum Gasteiger partial charge on any atom is 0.239 e. The third-order valence-corrected chi connectivity index (χ3v) is 1.60. The molecule has 1 aromatic heterocycles. The Balaban J connectivity index is 2.35. The minimum Gasteiger partial charge on any atom is -0.355 e. The minimum absolute atomic E-state index is 0.0227. The number of likely N-dealkylation sites (N-methyl/N-ethyl adjacent to an activating group) is 1. The van der Waals surface area contributed by atoms with Gasteiger partial charge in [0.1, 0.15) is 0 Å². The highest BCUT2D eigenvalue weighted by molar-refractivity contribution is 5.80. The number of amides is 1. The van der Waals surface area contributed by atoms with E-state index in [2.05, 4.69) is 15.6 Å². The second-order valence-electron chi connectivity index (χ2n) is 2.67. The highest BCUT2D eigenvalue weighted by atomic mass is 16.1. The summed E-state index contributed by atoms with van der Waals surface area (Å²) in [5.74, 6) is 0.678. The summed E-state index contributed by atoms with van der Waals surface area (Å²) in [4.78, 5) is 15.1. The maximum absolute atomic E-state index is 11.0. The molecule has 2 N–H and O–H groups in total. The zero-order chi connectivity index (χ0) is 9.68. The summed E-state index contributed by atoms with van der Waals surface area (Å²) in [7, 11) is 1.87. The first-order chi connectivity index (χ1) is 6.24. The van der Waals surface area contributed by atoms with Crippen LogP contribution in [0.15, 0.2) is 12.4 Å². The van der Waals surface area contributed by atoms with Crippen molar-refractivity contribution >= 4 is 11.9 Å². The topological polar surface area (TPSA) is 59.0 Å². The highest BCUT2D eigenvalue weighted by Crippen LogP contribution is 1.98. The second-order valence-corrected chi connectivity index (χ2v) is 2.67. The van der Waals surface area contributed by atoms with E-state index in [0.29, 0.717) is 12.5 Å². The number of aromatic nitrogens is 2. The predicted molar refractivity (Wildman–Crippen MR) is 50.4 cm³/mol. The van der Waals surface area contributed by atoms with E-state index in [1.807, 2.05) is 24.7 Å². The molecule has 0 fully saturated rings. The fraction of sp³-hybridized carbons (Fsp3) is 0.500. The molecule has 1 aromatic rings. The molecule has 0 bridgehead atoms.